The van der Waals surface area contributed by atoms with Crippen LogP contribution in [0.3, 0.4) is 0 Å². The van der Waals surface area contributed by atoms with E-state index in [0.29, 0.717) is 29.5 Å². The molecule has 0 saturated heterocycles. The van der Waals surface area contributed by atoms with Crippen molar-refractivity contribution < 1.29 is 22.3 Å². The van der Waals surface area contributed by atoms with E-state index in [9.17, 15) is 13.7 Å². The van der Waals surface area contributed by atoms with Crippen LogP contribution in [0.25, 0.3) is 0 Å². The highest BCUT2D eigenvalue weighted by Crippen LogP contribution is 2.37. The van der Waals surface area contributed by atoms with E-state index >= 15 is 0 Å². The summed E-state index contributed by atoms with van der Waals surface area (Å²) in [6.45, 7) is 8.10. The Bertz CT molecular complexity index is 1310. The number of hydrogen-bond acceptors (Lipinski definition) is 7. The largest absolute Gasteiger partial charge is 0.491 e. The second-order valence-corrected chi connectivity index (χ2v) is 10.8. The molecule has 0 amide bonds. The SMILES string of the molecule is Cc1cc(C(C)(C)c2ccc(OC(C)c3ocnc3S(C)(=O)=O)cc2)cc(C#N)c1OCCCl. The van der Waals surface area contributed by atoms with Crippen molar-refractivity contribution in [3.8, 4) is 17.6 Å². The second kappa shape index (κ2) is 10.1. The fourth-order valence-corrected chi connectivity index (χ4v) is 4.61. The van der Waals surface area contributed by atoms with Crippen LogP contribution in [0, 0.1) is 18.3 Å². The first kappa shape index (κ1) is 25.6. The molecule has 0 radical (unpaired) electrons. The molecule has 1 heterocycles. The third-order valence-electron chi connectivity index (χ3n) is 5.61. The summed E-state index contributed by atoms with van der Waals surface area (Å²) in [5, 5.41) is 9.52. The number of ether oxygens (including phenoxy) is 2. The minimum absolute atomic E-state index is 0.125. The van der Waals surface area contributed by atoms with Gasteiger partial charge in [0.2, 0.25) is 0 Å². The Balaban J connectivity index is 1.85. The number of aromatic nitrogens is 1. The summed E-state index contributed by atoms with van der Waals surface area (Å²) in [6.07, 6.45) is 1.53. The lowest BCUT2D eigenvalue weighted by atomic mass is 9.77. The number of sulfone groups is 1. The summed E-state index contributed by atoms with van der Waals surface area (Å²) in [5.74, 6) is 1.61. The third-order valence-corrected chi connectivity index (χ3v) is 6.77. The first-order valence-corrected chi connectivity index (χ1v) is 13.1. The lowest BCUT2D eigenvalue weighted by Crippen LogP contribution is -2.19. The number of rotatable bonds is 9. The first-order chi connectivity index (χ1) is 16.0. The normalized spacial score (nSPS) is 12.7. The van der Waals surface area contributed by atoms with Gasteiger partial charge in [-0.25, -0.2) is 13.4 Å². The molecule has 1 atom stereocenters. The van der Waals surface area contributed by atoms with Crippen LogP contribution in [0.15, 0.2) is 52.2 Å². The molecule has 3 aromatic rings. The Morgan fingerprint density at radius 2 is 1.88 bits per heavy atom. The van der Waals surface area contributed by atoms with Gasteiger partial charge < -0.3 is 13.9 Å². The van der Waals surface area contributed by atoms with Crippen LogP contribution in [-0.2, 0) is 15.3 Å². The number of nitrogens with zero attached hydrogens (tertiary/aromatic N) is 2. The summed E-state index contributed by atoms with van der Waals surface area (Å²) < 4.78 is 40.6. The summed E-state index contributed by atoms with van der Waals surface area (Å²) in [4.78, 5) is 3.80. The van der Waals surface area contributed by atoms with Crippen LogP contribution < -0.4 is 9.47 Å². The van der Waals surface area contributed by atoms with Crippen molar-refractivity contribution in [3.05, 3.63) is 70.8 Å². The van der Waals surface area contributed by atoms with Crippen LogP contribution in [0.4, 0.5) is 0 Å². The Kier molecular flexibility index (Phi) is 7.59. The maximum Gasteiger partial charge on any atom is 0.200 e. The van der Waals surface area contributed by atoms with Crippen molar-refractivity contribution in [1.29, 1.82) is 5.26 Å². The molecule has 2 aromatic carbocycles. The molecular formula is C25H27ClN2O5S. The predicted octanol–water partition coefficient (Wildman–Crippen LogP) is 5.34. The molecule has 0 aliphatic rings. The van der Waals surface area contributed by atoms with E-state index in [-0.39, 0.29) is 10.8 Å². The number of hydrogen-bond donors (Lipinski definition) is 0. The van der Waals surface area contributed by atoms with Gasteiger partial charge in [-0.1, -0.05) is 32.0 Å². The number of halogens is 1. The summed E-state index contributed by atoms with van der Waals surface area (Å²) in [7, 11) is -3.53. The number of benzene rings is 2. The van der Waals surface area contributed by atoms with Gasteiger partial charge in [0.05, 0.1) is 11.4 Å². The van der Waals surface area contributed by atoms with Crippen molar-refractivity contribution in [2.75, 3.05) is 18.7 Å². The van der Waals surface area contributed by atoms with Crippen LogP contribution in [0.2, 0.25) is 0 Å². The van der Waals surface area contributed by atoms with Gasteiger partial charge in [-0.3, -0.25) is 0 Å². The van der Waals surface area contributed by atoms with Gasteiger partial charge in [-0.15, -0.1) is 11.6 Å². The number of oxazole rings is 1. The summed E-state index contributed by atoms with van der Waals surface area (Å²) >= 11 is 5.73. The quantitative estimate of drug-likeness (QED) is 0.364. The van der Waals surface area contributed by atoms with E-state index in [0.717, 1.165) is 29.3 Å². The van der Waals surface area contributed by atoms with Crippen LogP contribution >= 0.6 is 11.6 Å². The molecule has 0 bridgehead atoms. The van der Waals surface area contributed by atoms with E-state index in [2.05, 4.69) is 24.9 Å². The van der Waals surface area contributed by atoms with Gasteiger partial charge in [-0.2, -0.15) is 5.26 Å². The molecule has 0 aliphatic carbocycles. The predicted molar refractivity (Wildman–Crippen MR) is 129 cm³/mol. The van der Waals surface area contributed by atoms with E-state index in [1.54, 1.807) is 6.92 Å². The Labute approximate surface area is 205 Å². The van der Waals surface area contributed by atoms with Gasteiger partial charge in [0.25, 0.3) is 0 Å². The molecule has 34 heavy (non-hydrogen) atoms. The van der Waals surface area contributed by atoms with Gasteiger partial charge in [-0.05, 0) is 48.7 Å². The molecule has 7 nitrogen and oxygen atoms in total. The van der Waals surface area contributed by atoms with Crippen molar-refractivity contribution in [2.24, 2.45) is 0 Å². The number of nitriles is 1. The minimum Gasteiger partial charge on any atom is -0.491 e. The zero-order valence-corrected chi connectivity index (χ0v) is 21.3. The van der Waals surface area contributed by atoms with Gasteiger partial charge in [0.15, 0.2) is 33.1 Å². The molecular weight excluding hydrogens is 476 g/mol. The second-order valence-electron chi connectivity index (χ2n) is 8.52. The highest BCUT2D eigenvalue weighted by molar-refractivity contribution is 7.90. The lowest BCUT2D eigenvalue weighted by molar-refractivity contribution is 0.191. The molecule has 9 heteroatoms. The van der Waals surface area contributed by atoms with Gasteiger partial charge in [0.1, 0.15) is 24.2 Å². The molecule has 1 unspecified atom stereocenters. The maximum atomic E-state index is 11.9. The standard InChI is InChI=1S/C25H27ClN2O5S/c1-16-12-20(13-18(14-27)22(16)31-11-10-26)25(3,4)19-6-8-21(9-7-19)33-17(2)23-24(28-15-32-23)34(5,29)30/h6-9,12-13,15,17H,10-11H2,1-5H3. The molecule has 0 saturated carbocycles. The maximum absolute atomic E-state index is 11.9. The zero-order valence-electron chi connectivity index (χ0n) is 19.8. The van der Waals surface area contributed by atoms with Crippen molar-refractivity contribution in [2.45, 2.75) is 44.2 Å². The monoisotopic (exact) mass is 502 g/mol. The van der Waals surface area contributed by atoms with E-state index < -0.39 is 21.4 Å². The third kappa shape index (κ3) is 5.37. The zero-order chi connectivity index (χ0) is 25.1. The Morgan fingerprint density at radius 3 is 2.47 bits per heavy atom. The lowest BCUT2D eigenvalue weighted by Gasteiger charge is -2.28. The smallest absolute Gasteiger partial charge is 0.200 e. The molecule has 0 fully saturated rings. The molecule has 3 rings (SSSR count). The summed E-state index contributed by atoms with van der Waals surface area (Å²) in [6, 6.07) is 13.6. The van der Waals surface area contributed by atoms with Crippen molar-refractivity contribution >= 4 is 21.4 Å². The highest BCUT2D eigenvalue weighted by Gasteiger charge is 2.27. The minimum atomic E-state index is -3.53. The van der Waals surface area contributed by atoms with Crippen LogP contribution in [-0.4, -0.2) is 32.1 Å². The molecule has 0 spiro atoms. The Morgan fingerprint density at radius 1 is 1.21 bits per heavy atom. The van der Waals surface area contributed by atoms with Gasteiger partial charge >= 0.3 is 0 Å². The Hall–Kier alpha value is -3.02. The average Bonchev–Trinajstić information content (AvgIpc) is 3.29. The van der Waals surface area contributed by atoms with Gasteiger partial charge in [0, 0.05) is 11.7 Å². The van der Waals surface area contributed by atoms with Crippen molar-refractivity contribution in [3.63, 3.8) is 0 Å². The van der Waals surface area contributed by atoms with E-state index in [1.165, 1.54) is 0 Å². The molecule has 0 aliphatic heterocycles. The topological polar surface area (TPSA) is 102 Å². The highest BCUT2D eigenvalue weighted by atomic mass is 35.5. The number of alkyl halides is 1. The fourth-order valence-electron chi connectivity index (χ4n) is 3.72. The first-order valence-electron chi connectivity index (χ1n) is 10.6. The molecule has 1 aromatic heterocycles. The number of aryl methyl sites for hydroxylation is 1. The van der Waals surface area contributed by atoms with Crippen molar-refractivity contribution in [1.82, 2.24) is 4.98 Å². The average molecular weight is 503 g/mol. The van der Waals surface area contributed by atoms with Crippen LogP contribution in [0.1, 0.15) is 54.9 Å². The van der Waals surface area contributed by atoms with E-state index in [4.69, 9.17) is 25.5 Å². The van der Waals surface area contributed by atoms with Crippen LogP contribution in [0.5, 0.6) is 11.5 Å². The van der Waals surface area contributed by atoms with E-state index in [1.807, 2.05) is 43.3 Å². The summed E-state index contributed by atoms with van der Waals surface area (Å²) in [5.41, 5.74) is 2.92. The fraction of sp³-hybridized carbons (Fsp3) is 0.360. The molecule has 0 N–H and O–H groups in total. The molecule has 180 valence electrons.